The summed E-state index contributed by atoms with van der Waals surface area (Å²) in [5, 5.41) is 0. The van der Waals surface area contributed by atoms with Crippen LogP contribution in [0.3, 0.4) is 0 Å². The maximum atomic E-state index is 12.7. The van der Waals surface area contributed by atoms with Crippen molar-refractivity contribution in [1.29, 1.82) is 0 Å². The summed E-state index contributed by atoms with van der Waals surface area (Å²) in [5.41, 5.74) is 10.8. The van der Waals surface area contributed by atoms with Crippen molar-refractivity contribution in [1.82, 2.24) is 4.57 Å². The third-order valence-electron chi connectivity index (χ3n) is 4.74. The van der Waals surface area contributed by atoms with Crippen molar-refractivity contribution in [3.63, 3.8) is 0 Å². The fraction of sp³-hybridized carbons (Fsp3) is 0.421. The van der Waals surface area contributed by atoms with Crippen molar-refractivity contribution >= 4 is 5.69 Å². The van der Waals surface area contributed by atoms with Gasteiger partial charge in [-0.1, -0.05) is 43.0 Å². The van der Waals surface area contributed by atoms with E-state index >= 15 is 0 Å². The zero-order chi connectivity index (χ0) is 15.7. The van der Waals surface area contributed by atoms with Crippen LogP contribution in [0.25, 0.3) is 11.3 Å². The Labute approximate surface area is 131 Å². The lowest BCUT2D eigenvalue weighted by atomic mass is 9.93. The second kappa shape index (κ2) is 5.99. The average Bonchev–Trinajstić information content (AvgIpc) is 2.51. The van der Waals surface area contributed by atoms with E-state index in [9.17, 15) is 4.79 Å². The molecule has 1 aromatic carbocycles. The number of anilines is 1. The molecule has 1 saturated carbocycles. The molecule has 0 spiro atoms. The zero-order valence-corrected chi connectivity index (χ0v) is 13.4. The van der Waals surface area contributed by atoms with Gasteiger partial charge in [0.15, 0.2) is 0 Å². The highest BCUT2D eigenvalue weighted by molar-refractivity contribution is 5.66. The second-order valence-corrected chi connectivity index (χ2v) is 6.46. The summed E-state index contributed by atoms with van der Waals surface area (Å²) in [4.78, 5) is 12.7. The van der Waals surface area contributed by atoms with E-state index in [1.54, 1.807) is 6.07 Å². The van der Waals surface area contributed by atoms with Gasteiger partial charge in [-0.05, 0) is 44.4 Å². The number of hydrogen-bond acceptors (Lipinski definition) is 2. The van der Waals surface area contributed by atoms with Gasteiger partial charge in [-0.2, -0.15) is 0 Å². The molecule has 0 amide bonds. The van der Waals surface area contributed by atoms with E-state index in [0.29, 0.717) is 5.69 Å². The molecule has 0 saturated heterocycles. The molecule has 1 aliphatic carbocycles. The molecular formula is C19H24N2O. The molecule has 22 heavy (non-hydrogen) atoms. The SMILES string of the molecule is Cc1ccc(-c2ccc(N)c(=O)n2C2CCCCC2)c(C)c1. The third kappa shape index (κ3) is 2.68. The summed E-state index contributed by atoms with van der Waals surface area (Å²) in [6.07, 6.45) is 5.80. The molecule has 0 unspecified atom stereocenters. The fourth-order valence-electron chi connectivity index (χ4n) is 3.59. The maximum Gasteiger partial charge on any atom is 0.274 e. The van der Waals surface area contributed by atoms with Crippen LogP contribution in [0.4, 0.5) is 5.69 Å². The first-order valence-corrected chi connectivity index (χ1v) is 8.16. The van der Waals surface area contributed by atoms with Crippen molar-refractivity contribution in [3.8, 4) is 11.3 Å². The number of nitrogens with two attached hydrogens (primary N) is 1. The Morgan fingerprint density at radius 1 is 1.05 bits per heavy atom. The van der Waals surface area contributed by atoms with E-state index < -0.39 is 0 Å². The number of aromatic nitrogens is 1. The van der Waals surface area contributed by atoms with Crippen LogP contribution in [0.5, 0.6) is 0 Å². The Morgan fingerprint density at radius 2 is 1.77 bits per heavy atom. The average molecular weight is 296 g/mol. The first-order chi connectivity index (χ1) is 10.6. The first-order valence-electron chi connectivity index (χ1n) is 8.16. The standard InChI is InChI=1S/C19H24N2O/c1-13-8-9-16(14(2)12-13)18-11-10-17(20)19(22)21(18)15-6-4-3-5-7-15/h8-12,15H,3-7,20H2,1-2H3. The van der Waals surface area contributed by atoms with Crippen LogP contribution in [0.2, 0.25) is 0 Å². The van der Waals surface area contributed by atoms with Gasteiger partial charge in [0.1, 0.15) is 0 Å². The highest BCUT2D eigenvalue weighted by atomic mass is 16.1. The molecule has 1 aliphatic rings. The molecule has 0 aliphatic heterocycles. The number of rotatable bonds is 2. The lowest BCUT2D eigenvalue weighted by Gasteiger charge is -2.27. The molecule has 0 bridgehead atoms. The van der Waals surface area contributed by atoms with Crippen molar-refractivity contribution in [2.45, 2.75) is 52.0 Å². The lowest BCUT2D eigenvalue weighted by molar-refractivity contribution is 0.349. The number of aryl methyl sites for hydroxylation is 2. The van der Waals surface area contributed by atoms with E-state index in [0.717, 1.165) is 24.1 Å². The van der Waals surface area contributed by atoms with E-state index in [-0.39, 0.29) is 11.6 Å². The quantitative estimate of drug-likeness (QED) is 0.902. The molecule has 2 N–H and O–H groups in total. The van der Waals surface area contributed by atoms with Gasteiger partial charge in [-0.3, -0.25) is 4.79 Å². The van der Waals surface area contributed by atoms with Gasteiger partial charge in [-0.25, -0.2) is 0 Å². The summed E-state index contributed by atoms with van der Waals surface area (Å²) < 4.78 is 1.95. The number of hydrogen-bond donors (Lipinski definition) is 1. The van der Waals surface area contributed by atoms with Crippen molar-refractivity contribution in [3.05, 3.63) is 51.8 Å². The van der Waals surface area contributed by atoms with E-state index in [2.05, 4.69) is 32.0 Å². The Morgan fingerprint density at radius 3 is 2.45 bits per heavy atom. The molecule has 2 aromatic rings. The molecule has 1 fully saturated rings. The fourth-order valence-corrected chi connectivity index (χ4v) is 3.59. The number of benzene rings is 1. The number of pyridine rings is 1. The summed E-state index contributed by atoms with van der Waals surface area (Å²) in [7, 11) is 0. The second-order valence-electron chi connectivity index (χ2n) is 6.46. The number of nitrogens with zero attached hydrogens (tertiary/aromatic N) is 1. The van der Waals surface area contributed by atoms with Gasteiger partial charge >= 0.3 is 0 Å². The maximum absolute atomic E-state index is 12.7. The highest BCUT2D eigenvalue weighted by Gasteiger charge is 2.21. The largest absolute Gasteiger partial charge is 0.394 e. The molecule has 3 nitrogen and oxygen atoms in total. The Balaban J connectivity index is 2.18. The summed E-state index contributed by atoms with van der Waals surface area (Å²) in [6.45, 7) is 4.20. The van der Waals surface area contributed by atoms with Gasteiger partial charge in [0.25, 0.3) is 5.56 Å². The molecular weight excluding hydrogens is 272 g/mol. The van der Waals surface area contributed by atoms with Crippen LogP contribution in [-0.2, 0) is 0 Å². The van der Waals surface area contributed by atoms with Crippen molar-refractivity contribution < 1.29 is 0 Å². The molecule has 116 valence electrons. The zero-order valence-electron chi connectivity index (χ0n) is 13.4. The van der Waals surface area contributed by atoms with Crippen LogP contribution < -0.4 is 11.3 Å². The van der Waals surface area contributed by atoms with Crippen molar-refractivity contribution in [2.75, 3.05) is 5.73 Å². The first kappa shape index (κ1) is 14.9. The highest BCUT2D eigenvalue weighted by Crippen LogP contribution is 2.32. The van der Waals surface area contributed by atoms with Gasteiger partial charge in [-0.15, -0.1) is 0 Å². The molecule has 1 heterocycles. The summed E-state index contributed by atoms with van der Waals surface area (Å²) in [5.74, 6) is 0. The van der Waals surface area contributed by atoms with Crippen LogP contribution in [0.1, 0.15) is 49.3 Å². The molecule has 1 aromatic heterocycles. The molecule has 3 heteroatoms. The predicted octanol–water partition coefficient (Wildman–Crippen LogP) is 4.22. The van der Waals surface area contributed by atoms with E-state index in [1.807, 2.05) is 10.6 Å². The van der Waals surface area contributed by atoms with Crippen LogP contribution in [0, 0.1) is 13.8 Å². The van der Waals surface area contributed by atoms with Crippen molar-refractivity contribution in [2.24, 2.45) is 0 Å². The topological polar surface area (TPSA) is 48.0 Å². The minimum atomic E-state index is -0.0376. The van der Waals surface area contributed by atoms with E-state index in [1.165, 1.54) is 30.4 Å². The molecule has 0 atom stereocenters. The molecule has 3 rings (SSSR count). The van der Waals surface area contributed by atoms with Gasteiger partial charge in [0.05, 0.1) is 11.4 Å². The predicted molar refractivity (Wildman–Crippen MR) is 92.1 cm³/mol. The smallest absolute Gasteiger partial charge is 0.274 e. The van der Waals surface area contributed by atoms with Crippen LogP contribution in [-0.4, -0.2) is 4.57 Å². The monoisotopic (exact) mass is 296 g/mol. The van der Waals surface area contributed by atoms with Gasteiger partial charge < -0.3 is 10.3 Å². The normalized spacial score (nSPS) is 15.9. The van der Waals surface area contributed by atoms with Crippen LogP contribution in [0.15, 0.2) is 35.1 Å². The lowest BCUT2D eigenvalue weighted by Crippen LogP contribution is -2.29. The van der Waals surface area contributed by atoms with Crippen LogP contribution >= 0.6 is 0 Å². The molecule has 0 radical (unpaired) electrons. The Bertz CT molecular complexity index is 740. The van der Waals surface area contributed by atoms with Gasteiger partial charge in [0, 0.05) is 11.6 Å². The Hall–Kier alpha value is -2.03. The minimum Gasteiger partial charge on any atom is -0.394 e. The third-order valence-corrected chi connectivity index (χ3v) is 4.74. The summed E-state index contributed by atoms with van der Waals surface area (Å²) >= 11 is 0. The minimum absolute atomic E-state index is 0.0376. The van der Waals surface area contributed by atoms with E-state index in [4.69, 9.17) is 5.73 Å². The van der Waals surface area contributed by atoms with Gasteiger partial charge in [0.2, 0.25) is 0 Å². The Kier molecular flexibility index (Phi) is 4.06. The summed E-state index contributed by atoms with van der Waals surface area (Å²) in [6, 6.07) is 10.4. The number of nitrogen functional groups attached to an aromatic ring is 1.